The van der Waals surface area contributed by atoms with Crippen LogP contribution < -0.4 is 0 Å². The largest absolute Gasteiger partial charge is 0.461 e. The van der Waals surface area contributed by atoms with Crippen molar-refractivity contribution in [2.24, 2.45) is 0 Å². The van der Waals surface area contributed by atoms with Crippen molar-refractivity contribution in [3.63, 3.8) is 0 Å². The molecule has 44 heavy (non-hydrogen) atoms. The molecule has 0 aliphatic rings. The third kappa shape index (κ3) is 8.15. The third-order valence-electron chi connectivity index (χ3n) is 8.17. The van der Waals surface area contributed by atoms with E-state index in [1.165, 1.54) is 64.9 Å². The minimum absolute atomic E-state index is 0.988. The molecule has 0 amide bonds. The number of rotatable bonds is 1. The minimum atomic E-state index is 0.988. The van der Waals surface area contributed by atoms with Gasteiger partial charge in [-0.1, -0.05) is 109 Å². The van der Waals surface area contributed by atoms with Gasteiger partial charge in [0, 0.05) is 15.0 Å². The molecule has 2 heterocycles. The Labute approximate surface area is 267 Å². The fraction of sp³-hybridized carbons (Fsp3) is 0.190. The summed E-state index contributed by atoms with van der Waals surface area (Å²) in [5.74, 6) is 1.02. The monoisotopic (exact) mass is 596 g/mol. The zero-order valence-corrected chi connectivity index (χ0v) is 28.2. The van der Waals surface area contributed by atoms with E-state index in [9.17, 15) is 0 Å². The average Bonchev–Trinajstić information content (AvgIpc) is 3.49. The van der Waals surface area contributed by atoms with Crippen LogP contribution in [0.1, 0.15) is 44.0 Å². The summed E-state index contributed by atoms with van der Waals surface area (Å²) in [6, 6.07) is 42.0. The Kier molecular flexibility index (Phi) is 11.4. The van der Waals surface area contributed by atoms with Crippen molar-refractivity contribution in [2.45, 2.75) is 55.4 Å². The molecular weight excluding hydrogens is 553 g/mol. The van der Waals surface area contributed by atoms with Gasteiger partial charge in [0.2, 0.25) is 0 Å². The summed E-state index contributed by atoms with van der Waals surface area (Å²) in [7, 11) is 0. The van der Waals surface area contributed by atoms with Crippen molar-refractivity contribution in [2.75, 3.05) is 0 Å². The van der Waals surface area contributed by atoms with Gasteiger partial charge in [-0.15, -0.1) is 11.3 Å². The van der Waals surface area contributed by atoms with Crippen LogP contribution in [0.25, 0.3) is 32.2 Å². The summed E-state index contributed by atoms with van der Waals surface area (Å²) in [6.07, 6.45) is 0. The maximum absolute atomic E-state index is 5.50. The van der Waals surface area contributed by atoms with Crippen LogP contribution in [0.15, 0.2) is 126 Å². The fourth-order valence-electron chi connectivity index (χ4n) is 5.01. The lowest BCUT2D eigenvalue weighted by atomic mass is 9.97. The SMILES string of the molecule is Cc1ccccc1-c1ccccc1C.Cc1ccccc1C.Cc1oc2ccccc2c1C.Cc1sc2ccccc2c1C. The van der Waals surface area contributed by atoms with E-state index in [2.05, 4.69) is 152 Å². The first kappa shape index (κ1) is 32.5. The molecule has 5 aromatic carbocycles. The van der Waals surface area contributed by atoms with Crippen LogP contribution in [0.2, 0.25) is 0 Å². The van der Waals surface area contributed by atoms with E-state index in [1.807, 2.05) is 36.5 Å². The number of hydrogen-bond acceptors (Lipinski definition) is 2. The summed E-state index contributed by atoms with van der Waals surface area (Å²) < 4.78 is 6.90. The number of hydrogen-bond donors (Lipinski definition) is 0. The number of furan rings is 1. The van der Waals surface area contributed by atoms with Gasteiger partial charge in [0.1, 0.15) is 11.3 Å². The van der Waals surface area contributed by atoms with Gasteiger partial charge >= 0.3 is 0 Å². The smallest absolute Gasteiger partial charge is 0.134 e. The zero-order chi connectivity index (χ0) is 31.6. The van der Waals surface area contributed by atoms with E-state index in [-0.39, 0.29) is 0 Å². The van der Waals surface area contributed by atoms with E-state index in [4.69, 9.17) is 4.42 Å². The van der Waals surface area contributed by atoms with Gasteiger partial charge in [0.05, 0.1) is 0 Å². The Balaban J connectivity index is 0.000000136. The molecule has 1 nitrogen and oxygen atoms in total. The Morgan fingerprint density at radius 2 is 0.841 bits per heavy atom. The number of fused-ring (bicyclic) bond motifs is 2. The van der Waals surface area contributed by atoms with Crippen LogP contribution in [0.3, 0.4) is 0 Å². The Morgan fingerprint density at radius 1 is 0.409 bits per heavy atom. The number of thiophene rings is 1. The molecule has 0 aliphatic carbocycles. The Morgan fingerprint density at radius 3 is 1.32 bits per heavy atom. The standard InChI is InChI=1S/C14H14.C10H10O.C10H10S.C8H10/c1-11-7-3-5-9-13(11)14-10-6-4-8-12(14)2;2*1-7-8(2)11-10-6-4-3-5-9(7)10;1-7-5-3-4-6-8(7)2/h3-10H,1-2H3;2*3-6H,1-2H3;3-6H,1-2H3. The van der Waals surface area contributed by atoms with Crippen molar-refractivity contribution < 1.29 is 4.42 Å². The second-order valence-corrected chi connectivity index (χ2v) is 12.5. The highest BCUT2D eigenvalue weighted by Crippen LogP contribution is 2.29. The molecule has 2 heteroatoms. The fourth-order valence-corrected chi connectivity index (χ4v) is 6.08. The molecule has 224 valence electrons. The van der Waals surface area contributed by atoms with E-state index in [1.54, 1.807) is 0 Å². The molecule has 0 atom stereocenters. The maximum atomic E-state index is 5.50. The van der Waals surface area contributed by atoms with Crippen molar-refractivity contribution in [1.82, 2.24) is 0 Å². The van der Waals surface area contributed by atoms with E-state index in [0.29, 0.717) is 0 Å². The second-order valence-electron chi connectivity index (χ2n) is 11.3. The molecule has 7 rings (SSSR count). The van der Waals surface area contributed by atoms with Gasteiger partial charge in [0.25, 0.3) is 0 Å². The van der Waals surface area contributed by atoms with Crippen molar-refractivity contribution in [1.29, 1.82) is 0 Å². The molecule has 7 aromatic rings. The quantitative estimate of drug-likeness (QED) is 0.184. The first-order valence-electron chi connectivity index (χ1n) is 15.2. The molecule has 2 aromatic heterocycles. The molecule has 0 saturated heterocycles. The van der Waals surface area contributed by atoms with Crippen molar-refractivity contribution in [3.05, 3.63) is 165 Å². The van der Waals surface area contributed by atoms with Crippen molar-refractivity contribution >= 4 is 32.4 Å². The summed E-state index contributed by atoms with van der Waals surface area (Å²) in [5, 5.41) is 2.64. The van der Waals surface area contributed by atoms with E-state index < -0.39 is 0 Å². The first-order chi connectivity index (χ1) is 21.2. The lowest BCUT2D eigenvalue weighted by molar-refractivity contribution is 0.575. The molecule has 0 radical (unpaired) electrons. The molecule has 0 unspecified atom stereocenters. The maximum Gasteiger partial charge on any atom is 0.134 e. The third-order valence-corrected chi connectivity index (χ3v) is 9.36. The van der Waals surface area contributed by atoms with E-state index in [0.717, 1.165) is 11.3 Å². The predicted molar refractivity (Wildman–Crippen MR) is 194 cm³/mol. The van der Waals surface area contributed by atoms with Gasteiger partial charge in [0.15, 0.2) is 0 Å². The predicted octanol–water partition coefficient (Wildman–Crippen LogP) is 12.8. The van der Waals surface area contributed by atoms with E-state index >= 15 is 0 Å². The molecular formula is C42H44OS. The van der Waals surface area contributed by atoms with Crippen molar-refractivity contribution in [3.8, 4) is 11.1 Å². The van der Waals surface area contributed by atoms with Crippen LogP contribution in [0.4, 0.5) is 0 Å². The van der Waals surface area contributed by atoms with Gasteiger partial charge in [-0.25, -0.2) is 0 Å². The average molecular weight is 597 g/mol. The molecule has 0 N–H and O–H groups in total. The topological polar surface area (TPSA) is 13.1 Å². The highest BCUT2D eigenvalue weighted by atomic mass is 32.1. The molecule has 0 fully saturated rings. The summed E-state index contributed by atoms with van der Waals surface area (Å²) in [6.45, 7) is 17.0. The second kappa shape index (κ2) is 15.4. The highest BCUT2D eigenvalue weighted by Gasteiger charge is 2.04. The van der Waals surface area contributed by atoms with Gasteiger partial charge in [-0.3, -0.25) is 0 Å². The summed E-state index contributed by atoms with van der Waals surface area (Å²) in [5.41, 5.74) is 11.8. The van der Waals surface area contributed by atoms with Crippen LogP contribution in [-0.4, -0.2) is 0 Å². The Bertz CT molecular complexity index is 1810. The summed E-state index contributed by atoms with van der Waals surface area (Å²) in [4.78, 5) is 1.44. The lowest BCUT2D eigenvalue weighted by Gasteiger charge is -2.08. The molecule has 0 aliphatic heterocycles. The Hall–Kier alpha value is -4.40. The van der Waals surface area contributed by atoms with Gasteiger partial charge in [-0.05, 0) is 117 Å². The number of para-hydroxylation sites is 1. The van der Waals surface area contributed by atoms with Gasteiger partial charge < -0.3 is 4.42 Å². The lowest BCUT2D eigenvalue weighted by Crippen LogP contribution is -1.85. The van der Waals surface area contributed by atoms with Crippen LogP contribution >= 0.6 is 11.3 Å². The molecule has 0 saturated carbocycles. The molecule has 0 bridgehead atoms. The van der Waals surface area contributed by atoms with Gasteiger partial charge in [-0.2, -0.15) is 0 Å². The van der Waals surface area contributed by atoms with Crippen LogP contribution in [0.5, 0.6) is 0 Å². The number of aryl methyl sites for hydroxylation is 8. The van der Waals surface area contributed by atoms with Crippen LogP contribution in [-0.2, 0) is 0 Å². The normalized spacial score (nSPS) is 10.3. The highest BCUT2D eigenvalue weighted by molar-refractivity contribution is 7.19. The minimum Gasteiger partial charge on any atom is -0.461 e. The number of benzene rings is 5. The molecule has 0 spiro atoms. The van der Waals surface area contributed by atoms with Crippen LogP contribution in [0, 0.1) is 55.4 Å². The first-order valence-corrected chi connectivity index (χ1v) is 16.0. The zero-order valence-electron chi connectivity index (χ0n) is 27.4. The summed E-state index contributed by atoms with van der Waals surface area (Å²) >= 11 is 1.88.